The van der Waals surface area contributed by atoms with Crippen LogP contribution in [0.2, 0.25) is 5.02 Å². The second-order valence-corrected chi connectivity index (χ2v) is 6.99. The average Bonchev–Trinajstić information content (AvgIpc) is 3.13. The van der Waals surface area contributed by atoms with E-state index >= 15 is 0 Å². The number of aliphatic hydroxyl groups is 1. The topological polar surface area (TPSA) is 49.3 Å². The van der Waals surface area contributed by atoms with E-state index in [1.807, 2.05) is 24.3 Å². The van der Waals surface area contributed by atoms with Crippen molar-refractivity contribution in [3.63, 3.8) is 0 Å². The smallest absolute Gasteiger partial charge is 0.263 e. The standard InChI is InChI=1S/C16H18ClNO2S/c17-14-11-7-3-4-8-13(11)21-15(14)16(20)18-9-12(19)10-5-1-2-6-10/h3-4,7-8,10,12,19H,1-2,5-6,9H2,(H,18,20). The highest BCUT2D eigenvalue weighted by Crippen LogP contribution is 2.35. The maximum Gasteiger partial charge on any atom is 0.263 e. The number of rotatable bonds is 4. The molecule has 0 spiro atoms. The number of nitrogens with one attached hydrogen (secondary N) is 1. The van der Waals surface area contributed by atoms with Crippen molar-refractivity contribution in [2.45, 2.75) is 31.8 Å². The first-order valence-electron chi connectivity index (χ1n) is 7.30. The average molecular weight is 324 g/mol. The number of hydrogen-bond acceptors (Lipinski definition) is 3. The van der Waals surface area contributed by atoms with Crippen LogP contribution in [0.1, 0.15) is 35.4 Å². The highest BCUT2D eigenvalue weighted by Gasteiger charge is 2.24. The lowest BCUT2D eigenvalue weighted by Crippen LogP contribution is -2.35. The molecule has 1 amide bonds. The highest BCUT2D eigenvalue weighted by molar-refractivity contribution is 7.21. The van der Waals surface area contributed by atoms with Crippen molar-refractivity contribution in [2.75, 3.05) is 6.54 Å². The van der Waals surface area contributed by atoms with Crippen LogP contribution < -0.4 is 5.32 Å². The summed E-state index contributed by atoms with van der Waals surface area (Å²) in [5, 5.41) is 14.3. The molecule has 0 saturated heterocycles. The van der Waals surface area contributed by atoms with Crippen LogP contribution >= 0.6 is 22.9 Å². The molecule has 1 aromatic carbocycles. The Balaban J connectivity index is 1.68. The Hall–Kier alpha value is -1.10. The summed E-state index contributed by atoms with van der Waals surface area (Å²) < 4.78 is 1.00. The van der Waals surface area contributed by atoms with E-state index in [-0.39, 0.29) is 5.91 Å². The molecular weight excluding hydrogens is 306 g/mol. The van der Waals surface area contributed by atoms with Crippen molar-refractivity contribution >= 4 is 38.9 Å². The number of carbonyl (C=O) groups is 1. The molecule has 0 radical (unpaired) electrons. The van der Waals surface area contributed by atoms with Crippen molar-refractivity contribution in [3.05, 3.63) is 34.2 Å². The molecule has 0 bridgehead atoms. The summed E-state index contributed by atoms with van der Waals surface area (Å²) in [6.45, 7) is 0.300. The summed E-state index contributed by atoms with van der Waals surface area (Å²) in [7, 11) is 0. The minimum atomic E-state index is -0.454. The van der Waals surface area contributed by atoms with E-state index in [2.05, 4.69) is 5.32 Å². The fraction of sp³-hybridized carbons (Fsp3) is 0.438. The van der Waals surface area contributed by atoms with Gasteiger partial charge < -0.3 is 10.4 Å². The van der Waals surface area contributed by atoms with E-state index in [0.29, 0.717) is 22.4 Å². The van der Waals surface area contributed by atoms with Crippen molar-refractivity contribution < 1.29 is 9.90 Å². The van der Waals surface area contributed by atoms with Crippen molar-refractivity contribution in [1.29, 1.82) is 0 Å². The van der Waals surface area contributed by atoms with Gasteiger partial charge in [0.05, 0.1) is 11.1 Å². The Labute approximate surface area is 132 Å². The van der Waals surface area contributed by atoms with Crippen molar-refractivity contribution in [1.82, 2.24) is 5.32 Å². The Morgan fingerprint density at radius 3 is 2.81 bits per heavy atom. The van der Waals surface area contributed by atoms with E-state index in [0.717, 1.165) is 22.9 Å². The summed E-state index contributed by atoms with van der Waals surface area (Å²) in [6.07, 6.45) is 4.02. The SMILES string of the molecule is O=C(NCC(O)C1CCCC1)c1sc2ccccc2c1Cl. The lowest BCUT2D eigenvalue weighted by atomic mass is 10.0. The van der Waals surface area contributed by atoms with Gasteiger partial charge in [-0.3, -0.25) is 4.79 Å². The van der Waals surface area contributed by atoms with E-state index in [4.69, 9.17) is 11.6 Å². The fourth-order valence-electron chi connectivity index (χ4n) is 2.95. The molecule has 3 nitrogen and oxygen atoms in total. The number of halogens is 1. The molecule has 5 heteroatoms. The number of thiophene rings is 1. The third-order valence-electron chi connectivity index (χ3n) is 4.16. The van der Waals surface area contributed by atoms with Crippen molar-refractivity contribution in [2.24, 2.45) is 5.92 Å². The molecule has 3 rings (SSSR count). The third kappa shape index (κ3) is 3.07. The fourth-order valence-corrected chi connectivity index (χ4v) is 4.38. The normalized spacial score (nSPS) is 17.2. The van der Waals surface area contributed by atoms with Crippen LogP contribution in [-0.2, 0) is 0 Å². The van der Waals surface area contributed by atoms with E-state index in [9.17, 15) is 9.90 Å². The Kier molecular flexibility index (Phi) is 4.48. The quantitative estimate of drug-likeness (QED) is 0.898. The largest absolute Gasteiger partial charge is 0.391 e. The minimum absolute atomic E-state index is 0.196. The first kappa shape index (κ1) is 14.8. The van der Waals surface area contributed by atoms with Crippen LogP contribution in [0.15, 0.2) is 24.3 Å². The predicted octanol–water partition coefficient (Wildman–Crippen LogP) is 3.84. The van der Waals surface area contributed by atoms with Gasteiger partial charge in [-0.15, -0.1) is 11.3 Å². The number of fused-ring (bicyclic) bond motifs is 1. The highest BCUT2D eigenvalue weighted by atomic mass is 35.5. The maximum atomic E-state index is 12.3. The van der Waals surface area contributed by atoms with Crippen molar-refractivity contribution in [3.8, 4) is 0 Å². The summed E-state index contributed by atoms with van der Waals surface area (Å²) >= 11 is 7.67. The molecule has 2 N–H and O–H groups in total. The number of benzene rings is 1. The second kappa shape index (κ2) is 6.34. The molecular formula is C16H18ClNO2S. The van der Waals surface area contributed by atoms with Gasteiger partial charge >= 0.3 is 0 Å². The van der Waals surface area contributed by atoms with Gasteiger partial charge in [0.25, 0.3) is 5.91 Å². The van der Waals surface area contributed by atoms with E-state index < -0.39 is 6.10 Å². The Bertz CT molecular complexity index is 649. The van der Waals surface area contributed by atoms with Crippen LogP contribution in [0.3, 0.4) is 0 Å². The van der Waals surface area contributed by atoms with Crippen LogP contribution in [0.4, 0.5) is 0 Å². The molecule has 1 atom stereocenters. The number of hydrogen-bond donors (Lipinski definition) is 2. The van der Waals surface area contributed by atoms with Gasteiger partial charge in [0.1, 0.15) is 4.88 Å². The zero-order valence-corrected chi connectivity index (χ0v) is 13.2. The van der Waals surface area contributed by atoms with Crippen LogP contribution in [0.25, 0.3) is 10.1 Å². The molecule has 112 valence electrons. The minimum Gasteiger partial charge on any atom is -0.391 e. The molecule has 1 aromatic heterocycles. The lowest BCUT2D eigenvalue weighted by Gasteiger charge is -2.17. The number of carbonyl (C=O) groups excluding carboxylic acids is 1. The summed E-state index contributed by atoms with van der Waals surface area (Å²) in [5.74, 6) is 0.126. The molecule has 1 heterocycles. The van der Waals surface area contributed by atoms with Gasteiger partial charge in [-0.25, -0.2) is 0 Å². The monoisotopic (exact) mass is 323 g/mol. The van der Waals surface area contributed by atoms with Gasteiger partial charge in [-0.05, 0) is 24.8 Å². The van der Waals surface area contributed by atoms with Gasteiger partial charge in [-0.1, -0.05) is 42.6 Å². The van der Waals surface area contributed by atoms with Crippen LogP contribution in [-0.4, -0.2) is 23.7 Å². The summed E-state index contributed by atoms with van der Waals surface area (Å²) in [5.41, 5.74) is 0. The van der Waals surface area contributed by atoms with Crippen LogP contribution in [0.5, 0.6) is 0 Å². The number of amides is 1. The number of aliphatic hydroxyl groups excluding tert-OH is 1. The summed E-state index contributed by atoms with van der Waals surface area (Å²) in [6, 6.07) is 7.71. The molecule has 1 aliphatic rings. The molecule has 2 aromatic rings. The summed E-state index contributed by atoms with van der Waals surface area (Å²) in [4.78, 5) is 12.8. The molecule has 1 saturated carbocycles. The second-order valence-electron chi connectivity index (χ2n) is 5.56. The first-order chi connectivity index (χ1) is 10.2. The van der Waals surface area contributed by atoms with E-state index in [1.165, 1.54) is 24.2 Å². The molecule has 1 fully saturated rings. The van der Waals surface area contributed by atoms with Crippen LogP contribution in [0, 0.1) is 5.92 Å². The predicted molar refractivity (Wildman–Crippen MR) is 87.1 cm³/mol. The molecule has 0 aliphatic heterocycles. The van der Waals surface area contributed by atoms with Gasteiger partial charge in [0, 0.05) is 16.6 Å². The Morgan fingerprint density at radius 1 is 1.38 bits per heavy atom. The molecule has 21 heavy (non-hydrogen) atoms. The first-order valence-corrected chi connectivity index (χ1v) is 8.49. The van der Waals surface area contributed by atoms with E-state index in [1.54, 1.807) is 0 Å². The zero-order valence-electron chi connectivity index (χ0n) is 11.6. The lowest BCUT2D eigenvalue weighted by molar-refractivity contribution is 0.0844. The Morgan fingerprint density at radius 2 is 2.10 bits per heavy atom. The van der Waals surface area contributed by atoms with Gasteiger partial charge in [-0.2, -0.15) is 0 Å². The van der Waals surface area contributed by atoms with Gasteiger partial charge in [0.2, 0.25) is 0 Å². The third-order valence-corrected chi connectivity index (χ3v) is 5.83. The molecule has 1 aliphatic carbocycles. The maximum absolute atomic E-state index is 12.3. The van der Waals surface area contributed by atoms with Gasteiger partial charge in [0.15, 0.2) is 0 Å². The zero-order chi connectivity index (χ0) is 14.8. The molecule has 1 unspecified atom stereocenters.